The number of amides is 1. The maximum Gasteiger partial charge on any atom is 0.259 e. The number of fused-ring (bicyclic) bond motifs is 3. The molecule has 0 aromatic carbocycles. The molecule has 0 unspecified atom stereocenters. The molecule has 2 aliphatic rings. The Morgan fingerprint density at radius 3 is 2.97 bits per heavy atom. The number of hydrogen-bond donors (Lipinski definition) is 2. The smallest absolute Gasteiger partial charge is 0.259 e. The number of H-pyrrole nitrogens is 1. The number of nitrogens with one attached hydrogen (secondary N) is 2. The summed E-state index contributed by atoms with van der Waals surface area (Å²) in [4.78, 5) is 36.8. The number of rotatable bonds is 9. The number of unbranched alkanes of at least 4 members (excludes halogenated alkanes) is 1. The van der Waals surface area contributed by atoms with Crippen molar-refractivity contribution < 1.29 is 4.79 Å². The van der Waals surface area contributed by atoms with Crippen molar-refractivity contribution >= 4 is 39.2 Å². The predicted molar refractivity (Wildman–Crippen MR) is 126 cm³/mol. The molecule has 2 N–H and O–H groups in total. The summed E-state index contributed by atoms with van der Waals surface area (Å²) in [7, 11) is 0. The lowest BCUT2D eigenvalue weighted by Gasteiger charge is -2.30. The van der Waals surface area contributed by atoms with Crippen molar-refractivity contribution in [1.29, 1.82) is 0 Å². The largest absolute Gasteiger partial charge is 0.355 e. The Bertz CT molecular complexity index is 931. The molecule has 0 saturated carbocycles. The minimum Gasteiger partial charge on any atom is -0.355 e. The summed E-state index contributed by atoms with van der Waals surface area (Å²) in [6.07, 6.45) is 7.99. The Balaban J connectivity index is 1.13. The number of likely N-dealkylation sites (tertiary alicyclic amines) is 1. The molecule has 0 bridgehead atoms. The van der Waals surface area contributed by atoms with Gasteiger partial charge < -0.3 is 15.2 Å². The van der Waals surface area contributed by atoms with Crippen molar-refractivity contribution in [2.24, 2.45) is 5.92 Å². The molecule has 3 heterocycles. The Morgan fingerprint density at radius 1 is 1.30 bits per heavy atom. The molecule has 6 nitrogen and oxygen atoms in total. The maximum atomic E-state index is 12.5. The highest BCUT2D eigenvalue weighted by atomic mass is 32.2. The Labute approximate surface area is 186 Å². The van der Waals surface area contributed by atoms with E-state index < -0.39 is 0 Å². The van der Waals surface area contributed by atoms with E-state index in [0.29, 0.717) is 17.3 Å². The fourth-order valence-corrected chi connectivity index (χ4v) is 6.38. The molecule has 0 atom stereocenters. The Kier molecular flexibility index (Phi) is 7.49. The van der Waals surface area contributed by atoms with E-state index in [-0.39, 0.29) is 11.5 Å². The van der Waals surface area contributed by atoms with Crippen LogP contribution in [0.1, 0.15) is 55.3 Å². The number of thioether (sulfide) groups is 1. The van der Waals surface area contributed by atoms with Crippen LogP contribution in [0.25, 0.3) is 10.2 Å². The van der Waals surface area contributed by atoms with Crippen molar-refractivity contribution in [1.82, 2.24) is 20.2 Å². The monoisotopic (exact) mass is 448 g/mol. The second-order valence-electron chi connectivity index (χ2n) is 8.62. The lowest BCUT2D eigenvalue weighted by Crippen LogP contribution is -2.34. The number of aromatic amines is 1. The first-order valence-corrected chi connectivity index (χ1v) is 13.2. The molecule has 2 aromatic rings. The van der Waals surface area contributed by atoms with Crippen molar-refractivity contribution in [2.75, 3.05) is 31.9 Å². The van der Waals surface area contributed by atoms with E-state index in [0.717, 1.165) is 61.3 Å². The number of hydrogen-bond acceptors (Lipinski definition) is 6. The SMILES string of the molecule is CC1CCN(CCCCNC(=O)CSCc2nc3sc4c(c3c(=O)[nH]2)CCC4)CC1. The standard InChI is InChI=1S/C22H32N4O2S2/c1-15-7-11-26(12-8-15)10-3-2-9-23-19(27)14-29-13-18-24-21(28)20-16-5-4-6-17(16)30-22(20)25-18/h15H,2-14H2,1H3,(H,23,27)(H,24,25,28). The van der Waals surface area contributed by atoms with E-state index in [4.69, 9.17) is 0 Å². The number of aromatic nitrogens is 2. The molecule has 8 heteroatoms. The second kappa shape index (κ2) is 10.3. The van der Waals surface area contributed by atoms with Gasteiger partial charge >= 0.3 is 0 Å². The summed E-state index contributed by atoms with van der Waals surface area (Å²) in [6.45, 7) is 6.67. The van der Waals surface area contributed by atoms with Gasteiger partial charge in [0.2, 0.25) is 5.91 Å². The summed E-state index contributed by atoms with van der Waals surface area (Å²) in [5.41, 5.74) is 1.18. The van der Waals surface area contributed by atoms with Gasteiger partial charge in [0.25, 0.3) is 5.56 Å². The van der Waals surface area contributed by atoms with Crippen LogP contribution in [-0.4, -0.2) is 52.7 Å². The molecule has 30 heavy (non-hydrogen) atoms. The number of carbonyl (C=O) groups is 1. The van der Waals surface area contributed by atoms with Crippen molar-refractivity contribution in [3.63, 3.8) is 0 Å². The van der Waals surface area contributed by atoms with E-state index in [1.54, 1.807) is 11.3 Å². The zero-order valence-corrected chi connectivity index (χ0v) is 19.4. The van der Waals surface area contributed by atoms with E-state index in [2.05, 4.69) is 27.1 Å². The third kappa shape index (κ3) is 5.45. The highest BCUT2D eigenvalue weighted by Crippen LogP contribution is 2.34. The third-order valence-corrected chi connectivity index (χ3v) is 8.33. The summed E-state index contributed by atoms with van der Waals surface area (Å²) in [6, 6.07) is 0. The van der Waals surface area contributed by atoms with Crippen LogP contribution < -0.4 is 10.9 Å². The first kappa shape index (κ1) is 21.8. The van der Waals surface area contributed by atoms with Crippen LogP contribution in [0.4, 0.5) is 0 Å². The van der Waals surface area contributed by atoms with Crippen LogP contribution in [0, 0.1) is 5.92 Å². The fourth-order valence-electron chi connectivity index (χ4n) is 4.38. The zero-order valence-electron chi connectivity index (χ0n) is 17.8. The lowest BCUT2D eigenvalue weighted by atomic mass is 9.99. The molecule has 1 aliphatic heterocycles. The third-order valence-electron chi connectivity index (χ3n) is 6.20. The molecule has 164 valence electrons. The average molecular weight is 449 g/mol. The summed E-state index contributed by atoms with van der Waals surface area (Å²) < 4.78 is 0. The van der Waals surface area contributed by atoms with Gasteiger partial charge in [0.05, 0.1) is 16.9 Å². The van der Waals surface area contributed by atoms with Crippen molar-refractivity contribution in [3.05, 3.63) is 26.6 Å². The number of carbonyl (C=O) groups excluding carboxylic acids is 1. The normalized spacial score (nSPS) is 17.5. The quantitative estimate of drug-likeness (QED) is 0.576. The van der Waals surface area contributed by atoms with Crippen LogP contribution in [0.2, 0.25) is 0 Å². The summed E-state index contributed by atoms with van der Waals surface area (Å²) in [5.74, 6) is 2.55. The fraction of sp³-hybridized carbons (Fsp3) is 0.682. The first-order chi connectivity index (χ1) is 14.6. The molecular weight excluding hydrogens is 416 g/mol. The van der Waals surface area contributed by atoms with E-state index in [9.17, 15) is 9.59 Å². The summed E-state index contributed by atoms with van der Waals surface area (Å²) >= 11 is 3.16. The molecule has 1 saturated heterocycles. The van der Waals surface area contributed by atoms with Gasteiger partial charge in [0.1, 0.15) is 10.7 Å². The van der Waals surface area contributed by atoms with Crippen LogP contribution in [0.15, 0.2) is 4.79 Å². The molecular formula is C22H32N4O2S2. The minimum absolute atomic E-state index is 0.0254. The van der Waals surface area contributed by atoms with E-state index >= 15 is 0 Å². The molecule has 4 rings (SSSR count). The Morgan fingerprint density at radius 2 is 2.13 bits per heavy atom. The van der Waals surface area contributed by atoms with Gasteiger partial charge in [-0.25, -0.2) is 4.98 Å². The highest BCUT2D eigenvalue weighted by molar-refractivity contribution is 7.99. The van der Waals surface area contributed by atoms with Gasteiger partial charge in [-0.15, -0.1) is 23.1 Å². The van der Waals surface area contributed by atoms with E-state index in [1.807, 2.05) is 0 Å². The predicted octanol–water partition coefficient (Wildman–Crippen LogP) is 3.33. The molecule has 1 fully saturated rings. The average Bonchev–Trinajstić information content (AvgIpc) is 3.30. The number of aryl methyl sites for hydroxylation is 2. The van der Waals surface area contributed by atoms with Crippen LogP contribution in [0.5, 0.6) is 0 Å². The maximum absolute atomic E-state index is 12.5. The topological polar surface area (TPSA) is 78.1 Å². The number of piperidine rings is 1. The number of thiophene rings is 1. The minimum atomic E-state index is -0.0254. The van der Waals surface area contributed by atoms with Gasteiger partial charge in [-0.3, -0.25) is 9.59 Å². The molecule has 0 radical (unpaired) electrons. The first-order valence-electron chi connectivity index (χ1n) is 11.2. The molecule has 2 aromatic heterocycles. The van der Waals surface area contributed by atoms with Gasteiger partial charge in [-0.2, -0.15) is 0 Å². The summed E-state index contributed by atoms with van der Waals surface area (Å²) in [5, 5.41) is 3.80. The van der Waals surface area contributed by atoms with Gasteiger partial charge in [-0.1, -0.05) is 6.92 Å². The van der Waals surface area contributed by atoms with E-state index in [1.165, 1.54) is 48.1 Å². The zero-order chi connectivity index (χ0) is 20.9. The lowest BCUT2D eigenvalue weighted by molar-refractivity contribution is -0.118. The molecule has 1 aliphatic carbocycles. The van der Waals surface area contributed by atoms with Crippen LogP contribution >= 0.6 is 23.1 Å². The second-order valence-corrected chi connectivity index (χ2v) is 10.7. The molecule has 0 spiro atoms. The van der Waals surface area contributed by atoms with Gasteiger partial charge in [-0.05, 0) is 76.1 Å². The number of nitrogens with zero attached hydrogens (tertiary/aromatic N) is 2. The van der Waals surface area contributed by atoms with Crippen LogP contribution in [0.3, 0.4) is 0 Å². The highest BCUT2D eigenvalue weighted by Gasteiger charge is 2.21. The van der Waals surface area contributed by atoms with Crippen molar-refractivity contribution in [2.45, 2.75) is 57.6 Å². The van der Waals surface area contributed by atoms with Crippen LogP contribution in [-0.2, 0) is 23.4 Å². The van der Waals surface area contributed by atoms with Gasteiger partial charge in [0, 0.05) is 11.4 Å². The van der Waals surface area contributed by atoms with Gasteiger partial charge in [0.15, 0.2) is 0 Å². The molecule has 1 amide bonds. The van der Waals surface area contributed by atoms with Crippen molar-refractivity contribution in [3.8, 4) is 0 Å². The Hall–Kier alpha value is -1.38.